The fourth-order valence-corrected chi connectivity index (χ4v) is 5.70. The van der Waals surface area contributed by atoms with Crippen LogP contribution in [0.5, 0.6) is 5.75 Å². The minimum absolute atomic E-state index is 0.0360. The topological polar surface area (TPSA) is 49.9 Å². The normalized spacial score (nSPS) is 15.9. The molecule has 8 heteroatoms. The van der Waals surface area contributed by atoms with Crippen LogP contribution in [0.25, 0.3) is 0 Å². The molecule has 1 heterocycles. The second-order valence-corrected chi connectivity index (χ2v) is 10.00. The largest absolute Gasteiger partial charge is 0.497 e. The summed E-state index contributed by atoms with van der Waals surface area (Å²) < 4.78 is 61.1. The smallest absolute Gasteiger partial charge is 0.264 e. The highest BCUT2D eigenvalue weighted by Gasteiger charge is 2.31. The summed E-state index contributed by atoms with van der Waals surface area (Å²) >= 11 is 0. The molecule has 0 aliphatic carbocycles. The van der Waals surface area contributed by atoms with Crippen molar-refractivity contribution in [3.05, 3.63) is 102 Å². The molecule has 4 rings (SSSR count). The summed E-state index contributed by atoms with van der Waals surface area (Å²) in [4.78, 5) is 2.10. The van der Waals surface area contributed by atoms with Crippen molar-refractivity contribution in [1.82, 2.24) is 4.90 Å². The zero-order chi connectivity index (χ0) is 24.3. The maximum atomic E-state index is 14.1. The molecule has 1 atom stereocenters. The first-order valence-corrected chi connectivity index (χ1v) is 12.4. The summed E-state index contributed by atoms with van der Waals surface area (Å²) in [5, 5.41) is 0. The van der Waals surface area contributed by atoms with Crippen LogP contribution in [0.15, 0.2) is 90.0 Å². The molecule has 3 aromatic rings. The van der Waals surface area contributed by atoms with Gasteiger partial charge >= 0.3 is 0 Å². The Morgan fingerprint density at radius 3 is 2.41 bits per heavy atom. The first-order chi connectivity index (χ1) is 16.3. The van der Waals surface area contributed by atoms with Crippen LogP contribution in [0.1, 0.15) is 24.4 Å². The summed E-state index contributed by atoms with van der Waals surface area (Å²) in [6.07, 6.45) is 1.74. The third kappa shape index (κ3) is 4.92. The van der Waals surface area contributed by atoms with Crippen molar-refractivity contribution in [3.8, 4) is 5.75 Å². The Labute approximate surface area is 198 Å². The van der Waals surface area contributed by atoms with Crippen molar-refractivity contribution >= 4 is 15.7 Å². The van der Waals surface area contributed by atoms with Crippen LogP contribution in [0.2, 0.25) is 0 Å². The van der Waals surface area contributed by atoms with Crippen molar-refractivity contribution in [2.75, 3.05) is 24.5 Å². The molecule has 0 bridgehead atoms. The highest BCUT2D eigenvalue weighted by atomic mass is 32.2. The number of hydrogen-bond acceptors (Lipinski definition) is 4. The average molecular weight is 485 g/mol. The van der Waals surface area contributed by atoms with E-state index in [9.17, 15) is 17.2 Å². The van der Waals surface area contributed by atoms with E-state index in [1.54, 1.807) is 30.3 Å². The Morgan fingerprint density at radius 2 is 1.76 bits per heavy atom. The molecule has 1 aliphatic heterocycles. The molecule has 1 saturated heterocycles. The van der Waals surface area contributed by atoms with Gasteiger partial charge in [-0.1, -0.05) is 24.8 Å². The minimum Gasteiger partial charge on any atom is -0.497 e. The fourth-order valence-electron chi connectivity index (χ4n) is 4.25. The van der Waals surface area contributed by atoms with E-state index in [4.69, 9.17) is 4.74 Å². The highest BCUT2D eigenvalue weighted by molar-refractivity contribution is 7.92. The Morgan fingerprint density at radius 1 is 1.06 bits per heavy atom. The monoisotopic (exact) mass is 484 g/mol. The predicted octanol–water partition coefficient (Wildman–Crippen LogP) is 5.52. The molecule has 3 aromatic carbocycles. The molecule has 178 valence electrons. The van der Waals surface area contributed by atoms with Crippen LogP contribution in [0.3, 0.4) is 0 Å². The quantitative estimate of drug-likeness (QED) is 0.423. The molecule has 0 N–H and O–H groups in total. The highest BCUT2D eigenvalue weighted by Crippen LogP contribution is 2.36. The third-order valence-electron chi connectivity index (χ3n) is 5.98. The van der Waals surface area contributed by atoms with Gasteiger partial charge < -0.3 is 9.64 Å². The van der Waals surface area contributed by atoms with E-state index in [0.29, 0.717) is 18.0 Å². The van der Waals surface area contributed by atoms with Crippen molar-refractivity contribution in [2.24, 2.45) is 0 Å². The molecule has 1 aliphatic rings. The van der Waals surface area contributed by atoms with Crippen LogP contribution in [-0.2, 0) is 10.0 Å². The van der Waals surface area contributed by atoms with Crippen LogP contribution in [0.4, 0.5) is 14.5 Å². The first-order valence-electron chi connectivity index (χ1n) is 10.9. The molecule has 1 fully saturated rings. The molecule has 0 radical (unpaired) electrons. The van der Waals surface area contributed by atoms with Crippen molar-refractivity contribution in [1.29, 1.82) is 0 Å². The van der Waals surface area contributed by atoms with Crippen LogP contribution >= 0.6 is 0 Å². The van der Waals surface area contributed by atoms with E-state index in [1.165, 1.54) is 53.9 Å². The lowest BCUT2D eigenvalue weighted by atomic mass is 10.0. The lowest BCUT2D eigenvalue weighted by Crippen LogP contribution is -2.37. The van der Waals surface area contributed by atoms with Crippen molar-refractivity contribution < 1.29 is 21.9 Å². The van der Waals surface area contributed by atoms with E-state index in [1.807, 2.05) is 4.90 Å². The van der Waals surface area contributed by atoms with E-state index >= 15 is 0 Å². The van der Waals surface area contributed by atoms with Crippen molar-refractivity contribution in [3.63, 3.8) is 0 Å². The van der Waals surface area contributed by atoms with E-state index in [2.05, 4.69) is 6.58 Å². The van der Waals surface area contributed by atoms with Crippen molar-refractivity contribution in [2.45, 2.75) is 23.8 Å². The fraction of sp³-hybridized carbons (Fsp3) is 0.231. The van der Waals surface area contributed by atoms with Gasteiger partial charge in [-0.3, -0.25) is 4.31 Å². The molecule has 34 heavy (non-hydrogen) atoms. The number of hydrogen-bond donors (Lipinski definition) is 0. The summed E-state index contributed by atoms with van der Waals surface area (Å²) in [6, 6.07) is 17.8. The predicted molar refractivity (Wildman–Crippen MR) is 128 cm³/mol. The number of sulfonamides is 1. The van der Waals surface area contributed by atoms with Gasteiger partial charge in [0.1, 0.15) is 17.4 Å². The Balaban J connectivity index is 1.66. The Hall–Kier alpha value is -3.39. The molecular weight excluding hydrogens is 458 g/mol. The van der Waals surface area contributed by atoms with Gasteiger partial charge in [-0.05, 0) is 73.0 Å². The van der Waals surface area contributed by atoms with Gasteiger partial charge in [-0.15, -0.1) is 0 Å². The number of benzene rings is 3. The molecule has 0 aromatic heterocycles. The van der Waals surface area contributed by atoms with Crippen LogP contribution in [0, 0.1) is 11.6 Å². The van der Waals surface area contributed by atoms with Gasteiger partial charge in [0.25, 0.3) is 10.0 Å². The molecule has 5 nitrogen and oxygen atoms in total. The molecule has 1 unspecified atom stereocenters. The number of ether oxygens (including phenoxy) is 1. The van der Waals surface area contributed by atoms with E-state index < -0.39 is 15.8 Å². The van der Waals surface area contributed by atoms with Gasteiger partial charge in [0.05, 0.1) is 30.3 Å². The summed E-state index contributed by atoms with van der Waals surface area (Å²) in [7, 11) is -2.53. The zero-order valence-electron chi connectivity index (χ0n) is 18.8. The van der Waals surface area contributed by atoms with Gasteiger partial charge in [-0.2, -0.15) is 0 Å². The van der Waals surface area contributed by atoms with Crippen LogP contribution < -0.4 is 9.04 Å². The number of rotatable bonds is 8. The third-order valence-corrected chi connectivity index (χ3v) is 7.77. The number of halogens is 2. The maximum absolute atomic E-state index is 14.1. The minimum atomic E-state index is -4.03. The molecule has 0 saturated carbocycles. The van der Waals surface area contributed by atoms with E-state index in [0.717, 1.165) is 18.4 Å². The van der Waals surface area contributed by atoms with Gasteiger partial charge in [0, 0.05) is 12.2 Å². The molecular formula is C26H26F2N2O3S. The van der Waals surface area contributed by atoms with E-state index in [-0.39, 0.29) is 29.0 Å². The molecule has 0 amide bonds. The summed E-state index contributed by atoms with van der Waals surface area (Å²) in [5.74, 6) is -0.321. The Kier molecular flexibility index (Phi) is 6.88. The number of methoxy groups -OCH3 is 1. The number of likely N-dealkylation sites (tertiary alicyclic amines) is 1. The zero-order valence-corrected chi connectivity index (χ0v) is 19.6. The number of nitrogens with zero attached hydrogens (tertiary/aromatic N) is 2. The standard InChI is InChI=1S/C26H26F2N2O3S/c1-19(29-16-4-7-26(29)20-8-10-21(27)11-9-20)18-30(23-6-3-5-22(28)17-23)34(31,32)25-14-12-24(33-2)13-15-25/h3,5-6,8-15,17,26H,1,4,7,16,18H2,2H3. The second-order valence-electron chi connectivity index (χ2n) is 8.14. The second kappa shape index (κ2) is 9.85. The number of anilines is 1. The first kappa shape index (κ1) is 23.8. The summed E-state index contributed by atoms with van der Waals surface area (Å²) in [6.45, 7) is 4.82. The lowest BCUT2D eigenvalue weighted by Gasteiger charge is -2.33. The van der Waals surface area contributed by atoms with Gasteiger partial charge in [0.15, 0.2) is 0 Å². The van der Waals surface area contributed by atoms with Gasteiger partial charge in [-0.25, -0.2) is 17.2 Å². The lowest BCUT2D eigenvalue weighted by molar-refractivity contribution is 0.324. The maximum Gasteiger partial charge on any atom is 0.264 e. The average Bonchev–Trinajstić information content (AvgIpc) is 3.33. The van der Waals surface area contributed by atoms with Crippen LogP contribution in [-0.4, -0.2) is 33.5 Å². The molecule has 0 spiro atoms. The Bertz CT molecular complexity index is 1260. The van der Waals surface area contributed by atoms with Gasteiger partial charge in [0.2, 0.25) is 0 Å². The summed E-state index contributed by atoms with van der Waals surface area (Å²) in [5.41, 5.74) is 1.72. The SMILES string of the molecule is C=C(CN(c1cccc(F)c1)S(=O)(=O)c1ccc(OC)cc1)N1CCCC1c1ccc(F)cc1.